The van der Waals surface area contributed by atoms with Crippen LogP contribution in [0.25, 0.3) is 0 Å². The molecule has 100 valence electrons. The number of piperidine rings is 1. The Morgan fingerprint density at radius 1 is 1.67 bits per heavy atom. The normalized spacial score (nSPS) is 19.7. The van der Waals surface area contributed by atoms with E-state index in [0.29, 0.717) is 0 Å². The molecule has 0 bridgehead atoms. The molecule has 1 fully saturated rings. The minimum absolute atomic E-state index is 0.167. The Labute approximate surface area is 112 Å². The van der Waals surface area contributed by atoms with Crippen molar-refractivity contribution >= 4 is 17.2 Å². The van der Waals surface area contributed by atoms with Crippen molar-refractivity contribution in [3.63, 3.8) is 0 Å². The number of hydrogen-bond acceptors (Lipinski definition) is 4. The molecule has 1 aromatic rings. The second kappa shape index (κ2) is 6.85. The van der Waals surface area contributed by atoms with Gasteiger partial charge >= 0.3 is 0 Å². The van der Waals surface area contributed by atoms with E-state index in [4.69, 9.17) is 0 Å². The summed E-state index contributed by atoms with van der Waals surface area (Å²) in [5, 5.41) is 9.53. The topological polar surface area (TPSA) is 54.0 Å². The van der Waals surface area contributed by atoms with Crippen molar-refractivity contribution < 1.29 is 4.79 Å². The molecular weight excluding hydrogens is 246 g/mol. The lowest BCUT2D eigenvalue weighted by molar-refractivity contribution is -0.125. The van der Waals surface area contributed by atoms with Crippen LogP contribution in [0.15, 0.2) is 5.38 Å². The van der Waals surface area contributed by atoms with Crippen molar-refractivity contribution in [2.75, 3.05) is 19.6 Å². The molecule has 0 saturated carbocycles. The smallest absolute Gasteiger partial charge is 0.224 e. The summed E-state index contributed by atoms with van der Waals surface area (Å²) in [5.41, 5.74) is 1.09. The quantitative estimate of drug-likeness (QED) is 0.795. The summed E-state index contributed by atoms with van der Waals surface area (Å²) in [6, 6.07) is 0. The average molecular weight is 267 g/mol. The Bertz CT molecular complexity index is 385. The highest BCUT2D eigenvalue weighted by Gasteiger charge is 2.19. The number of carbonyl (C=O) groups excluding carboxylic acids is 1. The van der Waals surface area contributed by atoms with Gasteiger partial charge in [0.05, 0.1) is 10.9 Å². The lowest BCUT2D eigenvalue weighted by Gasteiger charge is -2.21. The maximum Gasteiger partial charge on any atom is 0.224 e. The minimum atomic E-state index is 0.167. The largest absolute Gasteiger partial charge is 0.356 e. The summed E-state index contributed by atoms with van der Waals surface area (Å²) in [4.78, 5) is 16.3. The molecular formula is C13H21N3OS. The molecule has 5 heteroatoms. The molecule has 1 aromatic heterocycles. The SMILES string of the molecule is Cc1csc(CCCNC(=O)C2CCCNC2)n1. The van der Waals surface area contributed by atoms with Crippen LogP contribution >= 0.6 is 11.3 Å². The van der Waals surface area contributed by atoms with Gasteiger partial charge in [0.2, 0.25) is 5.91 Å². The van der Waals surface area contributed by atoms with Crippen molar-refractivity contribution in [1.29, 1.82) is 0 Å². The Morgan fingerprint density at radius 3 is 3.22 bits per heavy atom. The summed E-state index contributed by atoms with van der Waals surface area (Å²) in [6.07, 6.45) is 4.06. The molecule has 1 unspecified atom stereocenters. The molecule has 0 spiro atoms. The van der Waals surface area contributed by atoms with Crippen LogP contribution in [-0.2, 0) is 11.2 Å². The maximum absolute atomic E-state index is 11.8. The molecule has 1 amide bonds. The van der Waals surface area contributed by atoms with E-state index in [1.807, 2.05) is 6.92 Å². The van der Waals surface area contributed by atoms with E-state index >= 15 is 0 Å². The lowest BCUT2D eigenvalue weighted by Crippen LogP contribution is -2.40. The number of hydrogen-bond donors (Lipinski definition) is 2. The molecule has 4 nitrogen and oxygen atoms in total. The first-order valence-electron chi connectivity index (χ1n) is 6.65. The molecule has 0 radical (unpaired) electrons. The molecule has 0 aromatic carbocycles. The number of rotatable bonds is 5. The third-order valence-corrected chi connectivity index (χ3v) is 4.23. The Balaban J connectivity index is 1.61. The summed E-state index contributed by atoms with van der Waals surface area (Å²) in [7, 11) is 0. The molecule has 2 N–H and O–H groups in total. The Hall–Kier alpha value is -0.940. The third-order valence-electron chi connectivity index (χ3n) is 3.20. The fourth-order valence-electron chi connectivity index (χ4n) is 2.19. The third kappa shape index (κ3) is 4.07. The van der Waals surface area contributed by atoms with Gasteiger partial charge in [0.15, 0.2) is 0 Å². The molecule has 1 atom stereocenters. The van der Waals surface area contributed by atoms with Crippen LogP contribution in [0.5, 0.6) is 0 Å². The van der Waals surface area contributed by atoms with Gasteiger partial charge in [-0.2, -0.15) is 0 Å². The zero-order valence-electron chi connectivity index (χ0n) is 10.9. The van der Waals surface area contributed by atoms with Crippen LogP contribution in [0.2, 0.25) is 0 Å². The summed E-state index contributed by atoms with van der Waals surface area (Å²) < 4.78 is 0. The van der Waals surface area contributed by atoms with E-state index in [1.165, 1.54) is 5.01 Å². The number of amides is 1. The van der Waals surface area contributed by atoms with E-state index < -0.39 is 0 Å². The molecule has 1 aliphatic rings. The van der Waals surface area contributed by atoms with Crippen LogP contribution in [0.1, 0.15) is 30.0 Å². The minimum Gasteiger partial charge on any atom is -0.356 e. The van der Waals surface area contributed by atoms with Crippen molar-refractivity contribution in [2.24, 2.45) is 5.92 Å². The highest BCUT2D eigenvalue weighted by atomic mass is 32.1. The standard InChI is InChI=1S/C13H21N3OS/c1-10-9-18-12(16-10)5-3-7-15-13(17)11-4-2-6-14-8-11/h9,11,14H,2-8H2,1H3,(H,15,17). The van der Waals surface area contributed by atoms with Crippen molar-refractivity contribution in [1.82, 2.24) is 15.6 Å². The maximum atomic E-state index is 11.8. The van der Waals surface area contributed by atoms with Gasteiger partial charge < -0.3 is 10.6 Å². The van der Waals surface area contributed by atoms with Gasteiger partial charge in [-0.3, -0.25) is 4.79 Å². The Kier molecular flexibility index (Phi) is 5.13. The van der Waals surface area contributed by atoms with Crippen LogP contribution in [-0.4, -0.2) is 30.5 Å². The molecule has 2 heterocycles. The summed E-state index contributed by atoms with van der Waals surface area (Å²) in [5.74, 6) is 0.373. The average Bonchev–Trinajstić information content (AvgIpc) is 2.81. The first kappa shape index (κ1) is 13.5. The van der Waals surface area contributed by atoms with E-state index in [2.05, 4.69) is 21.0 Å². The molecule has 1 aliphatic heterocycles. The second-order valence-electron chi connectivity index (χ2n) is 4.82. The first-order valence-corrected chi connectivity index (χ1v) is 7.53. The molecule has 0 aliphatic carbocycles. The highest BCUT2D eigenvalue weighted by molar-refractivity contribution is 7.09. The second-order valence-corrected chi connectivity index (χ2v) is 5.76. The number of thiazole rings is 1. The fraction of sp³-hybridized carbons (Fsp3) is 0.692. The van der Waals surface area contributed by atoms with E-state index in [9.17, 15) is 4.79 Å². The van der Waals surface area contributed by atoms with Gasteiger partial charge in [-0.15, -0.1) is 11.3 Å². The van der Waals surface area contributed by atoms with Crippen LogP contribution < -0.4 is 10.6 Å². The predicted octanol–water partition coefficient (Wildman–Crippen LogP) is 1.50. The van der Waals surface area contributed by atoms with Gasteiger partial charge in [-0.25, -0.2) is 4.98 Å². The van der Waals surface area contributed by atoms with Gasteiger partial charge in [-0.1, -0.05) is 0 Å². The molecule has 2 rings (SSSR count). The molecule has 1 saturated heterocycles. The van der Waals surface area contributed by atoms with Gasteiger partial charge in [-0.05, 0) is 32.7 Å². The first-order chi connectivity index (χ1) is 8.75. The van der Waals surface area contributed by atoms with Crippen LogP contribution in [0.3, 0.4) is 0 Å². The number of aromatic nitrogens is 1. The van der Waals surface area contributed by atoms with Gasteiger partial charge in [0, 0.05) is 30.6 Å². The number of nitrogens with zero attached hydrogens (tertiary/aromatic N) is 1. The summed E-state index contributed by atoms with van der Waals surface area (Å²) in [6.45, 7) is 4.65. The van der Waals surface area contributed by atoms with E-state index in [0.717, 1.165) is 51.0 Å². The fourth-order valence-corrected chi connectivity index (χ4v) is 3.01. The van der Waals surface area contributed by atoms with Crippen molar-refractivity contribution in [3.8, 4) is 0 Å². The number of aryl methyl sites for hydroxylation is 2. The highest BCUT2D eigenvalue weighted by Crippen LogP contribution is 2.11. The monoisotopic (exact) mass is 267 g/mol. The van der Waals surface area contributed by atoms with Gasteiger partial charge in [0.25, 0.3) is 0 Å². The van der Waals surface area contributed by atoms with Gasteiger partial charge in [0.1, 0.15) is 0 Å². The van der Waals surface area contributed by atoms with E-state index in [1.54, 1.807) is 11.3 Å². The molecule has 18 heavy (non-hydrogen) atoms. The number of nitrogens with one attached hydrogen (secondary N) is 2. The van der Waals surface area contributed by atoms with Crippen molar-refractivity contribution in [2.45, 2.75) is 32.6 Å². The zero-order chi connectivity index (χ0) is 12.8. The lowest BCUT2D eigenvalue weighted by atomic mass is 9.99. The zero-order valence-corrected chi connectivity index (χ0v) is 11.7. The van der Waals surface area contributed by atoms with Crippen molar-refractivity contribution in [3.05, 3.63) is 16.1 Å². The summed E-state index contributed by atoms with van der Waals surface area (Å²) >= 11 is 1.70. The Morgan fingerprint density at radius 2 is 2.56 bits per heavy atom. The van der Waals surface area contributed by atoms with E-state index in [-0.39, 0.29) is 11.8 Å². The van der Waals surface area contributed by atoms with Crippen LogP contribution in [0, 0.1) is 12.8 Å². The predicted molar refractivity (Wildman–Crippen MR) is 73.8 cm³/mol. The number of carbonyl (C=O) groups is 1. The van der Waals surface area contributed by atoms with Crippen LogP contribution in [0.4, 0.5) is 0 Å².